The zero-order valence-electron chi connectivity index (χ0n) is 12.1. The fourth-order valence-electron chi connectivity index (χ4n) is 2.03. The van der Waals surface area contributed by atoms with Gasteiger partial charge in [-0.2, -0.15) is 0 Å². The number of hydrogen-bond acceptors (Lipinski definition) is 4. The van der Waals surface area contributed by atoms with E-state index in [9.17, 15) is 13.2 Å². The Morgan fingerprint density at radius 1 is 1.23 bits per heavy atom. The molecule has 2 aromatic rings. The Hall–Kier alpha value is -2.12. The number of furan rings is 1. The van der Waals surface area contributed by atoms with E-state index in [-0.39, 0.29) is 23.6 Å². The lowest BCUT2D eigenvalue weighted by molar-refractivity contribution is 0.0695. The Morgan fingerprint density at radius 2 is 1.95 bits per heavy atom. The Morgan fingerprint density at radius 3 is 2.59 bits per heavy atom. The van der Waals surface area contributed by atoms with Gasteiger partial charge in [-0.1, -0.05) is 25.1 Å². The molecule has 2 N–H and O–H groups in total. The first-order valence-electron chi connectivity index (χ1n) is 6.83. The van der Waals surface area contributed by atoms with Crippen LogP contribution in [-0.2, 0) is 22.9 Å². The highest BCUT2D eigenvalue weighted by Gasteiger charge is 2.18. The smallest absolute Gasteiger partial charge is 0.335 e. The summed E-state index contributed by atoms with van der Waals surface area (Å²) < 4.78 is 31.7. The number of nitrogens with one attached hydrogen (secondary N) is 1. The minimum atomic E-state index is -3.72. The van der Waals surface area contributed by atoms with Gasteiger partial charge in [0.2, 0.25) is 5.09 Å². The van der Waals surface area contributed by atoms with Crippen molar-refractivity contribution in [2.75, 3.05) is 6.54 Å². The van der Waals surface area contributed by atoms with Gasteiger partial charge in [-0.3, -0.25) is 0 Å². The average molecular weight is 323 g/mol. The number of sulfonamides is 1. The maximum absolute atomic E-state index is 12.0. The fourth-order valence-corrected chi connectivity index (χ4v) is 3.01. The molecule has 7 heteroatoms. The molecule has 22 heavy (non-hydrogen) atoms. The van der Waals surface area contributed by atoms with E-state index in [1.165, 1.54) is 12.1 Å². The zero-order chi connectivity index (χ0) is 16.2. The molecule has 0 radical (unpaired) electrons. The standard InChI is InChI=1S/C15H17NO5S/c1-2-12-7-8-14(21-12)22(19,20)16-10-9-11-5-3-4-6-13(11)15(17)18/h3-8,16H,2,9-10H2,1H3,(H,17,18). The molecule has 0 amide bonds. The van der Waals surface area contributed by atoms with Crippen molar-refractivity contribution >= 4 is 16.0 Å². The molecule has 6 nitrogen and oxygen atoms in total. The first-order chi connectivity index (χ1) is 10.4. The minimum absolute atomic E-state index is 0.0920. The van der Waals surface area contributed by atoms with Gasteiger partial charge in [-0.05, 0) is 30.2 Å². The number of carbonyl (C=O) groups is 1. The highest BCUT2D eigenvalue weighted by Crippen LogP contribution is 2.14. The average Bonchev–Trinajstić information content (AvgIpc) is 2.97. The molecule has 0 saturated carbocycles. The number of aryl methyl sites for hydroxylation is 1. The van der Waals surface area contributed by atoms with Crippen molar-refractivity contribution < 1.29 is 22.7 Å². The molecule has 0 spiro atoms. The van der Waals surface area contributed by atoms with Crippen LogP contribution in [0.4, 0.5) is 0 Å². The molecular formula is C15H17NO5S. The van der Waals surface area contributed by atoms with Crippen LogP contribution < -0.4 is 4.72 Å². The molecule has 0 bridgehead atoms. The molecule has 0 aliphatic carbocycles. The van der Waals surface area contributed by atoms with Crippen molar-refractivity contribution in [2.45, 2.75) is 24.9 Å². The van der Waals surface area contributed by atoms with Crippen molar-refractivity contribution in [3.63, 3.8) is 0 Å². The van der Waals surface area contributed by atoms with Gasteiger partial charge in [0.25, 0.3) is 10.0 Å². The van der Waals surface area contributed by atoms with E-state index in [1.54, 1.807) is 24.3 Å². The predicted octanol–water partition coefficient (Wildman–Crippen LogP) is 2.06. The van der Waals surface area contributed by atoms with E-state index in [1.807, 2.05) is 6.92 Å². The molecule has 2 rings (SSSR count). The first-order valence-corrected chi connectivity index (χ1v) is 8.32. The number of rotatable bonds is 7. The maximum Gasteiger partial charge on any atom is 0.335 e. The summed E-state index contributed by atoms with van der Waals surface area (Å²) in [6.45, 7) is 1.96. The SMILES string of the molecule is CCc1ccc(S(=O)(=O)NCCc2ccccc2C(=O)O)o1. The molecule has 1 heterocycles. The third-order valence-corrected chi connectivity index (χ3v) is 4.52. The Bertz CT molecular complexity index is 764. The van der Waals surface area contributed by atoms with Gasteiger partial charge in [-0.15, -0.1) is 0 Å². The minimum Gasteiger partial charge on any atom is -0.478 e. The predicted molar refractivity (Wildman–Crippen MR) is 80.4 cm³/mol. The van der Waals surface area contributed by atoms with Crippen molar-refractivity contribution in [3.05, 3.63) is 53.3 Å². The molecule has 0 atom stereocenters. The van der Waals surface area contributed by atoms with E-state index in [4.69, 9.17) is 9.52 Å². The van der Waals surface area contributed by atoms with Crippen LogP contribution in [0.1, 0.15) is 28.6 Å². The topological polar surface area (TPSA) is 96.6 Å². The number of carboxylic acid groups (broad SMARTS) is 1. The molecule has 1 aromatic heterocycles. The third-order valence-electron chi connectivity index (χ3n) is 3.18. The molecule has 0 fully saturated rings. The second kappa shape index (κ2) is 6.76. The van der Waals surface area contributed by atoms with Crippen LogP contribution in [0.25, 0.3) is 0 Å². The molecule has 0 aliphatic rings. The Kier molecular flexibility index (Phi) is 4.99. The number of carboxylic acids is 1. The van der Waals surface area contributed by atoms with Crippen LogP contribution in [0.2, 0.25) is 0 Å². The normalized spacial score (nSPS) is 11.5. The fraction of sp³-hybridized carbons (Fsp3) is 0.267. The number of hydrogen-bond donors (Lipinski definition) is 2. The number of benzene rings is 1. The maximum atomic E-state index is 12.0. The van der Waals surface area contributed by atoms with Gasteiger partial charge < -0.3 is 9.52 Å². The lowest BCUT2D eigenvalue weighted by atomic mass is 10.1. The van der Waals surface area contributed by atoms with Gasteiger partial charge in [0, 0.05) is 13.0 Å². The van der Waals surface area contributed by atoms with Crippen LogP contribution in [0.15, 0.2) is 45.9 Å². The van der Waals surface area contributed by atoms with Crippen molar-refractivity contribution in [1.82, 2.24) is 4.72 Å². The summed E-state index contributed by atoms with van der Waals surface area (Å²) in [4.78, 5) is 11.1. The Balaban J connectivity index is 2.03. The summed E-state index contributed by atoms with van der Waals surface area (Å²) in [7, 11) is -3.72. The van der Waals surface area contributed by atoms with Gasteiger partial charge in [0.05, 0.1) is 5.56 Å². The summed E-state index contributed by atoms with van der Waals surface area (Å²) in [6.07, 6.45) is 0.893. The van der Waals surface area contributed by atoms with E-state index in [0.29, 0.717) is 17.7 Å². The van der Waals surface area contributed by atoms with E-state index < -0.39 is 16.0 Å². The van der Waals surface area contributed by atoms with E-state index in [0.717, 1.165) is 0 Å². The highest BCUT2D eigenvalue weighted by molar-refractivity contribution is 7.89. The van der Waals surface area contributed by atoms with Crippen LogP contribution in [0.3, 0.4) is 0 Å². The monoisotopic (exact) mass is 323 g/mol. The summed E-state index contributed by atoms with van der Waals surface area (Å²) in [5, 5.41) is 8.95. The Labute approximate surface area is 128 Å². The van der Waals surface area contributed by atoms with Crippen LogP contribution in [0.5, 0.6) is 0 Å². The van der Waals surface area contributed by atoms with Gasteiger partial charge in [-0.25, -0.2) is 17.9 Å². The van der Waals surface area contributed by atoms with Crippen molar-refractivity contribution in [1.29, 1.82) is 0 Å². The first kappa shape index (κ1) is 16.3. The lowest BCUT2D eigenvalue weighted by Crippen LogP contribution is -2.26. The van der Waals surface area contributed by atoms with E-state index in [2.05, 4.69) is 4.72 Å². The zero-order valence-corrected chi connectivity index (χ0v) is 12.9. The molecule has 0 aliphatic heterocycles. The van der Waals surface area contributed by atoms with Gasteiger partial charge in [0.15, 0.2) is 0 Å². The molecule has 1 aromatic carbocycles. The second-order valence-corrected chi connectivity index (χ2v) is 6.38. The molecule has 0 unspecified atom stereocenters. The third kappa shape index (κ3) is 3.75. The van der Waals surface area contributed by atoms with Crippen LogP contribution in [-0.4, -0.2) is 26.0 Å². The van der Waals surface area contributed by atoms with Crippen molar-refractivity contribution in [2.24, 2.45) is 0 Å². The summed E-state index contributed by atoms with van der Waals surface area (Å²) in [5.41, 5.74) is 0.749. The number of aromatic carboxylic acids is 1. The lowest BCUT2D eigenvalue weighted by Gasteiger charge is -2.07. The second-order valence-electron chi connectivity index (χ2n) is 4.68. The van der Waals surface area contributed by atoms with Gasteiger partial charge >= 0.3 is 5.97 Å². The quantitative estimate of drug-likeness (QED) is 0.813. The summed E-state index contributed by atoms with van der Waals surface area (Å²) in [5.74, 6) is -0.436. The van der Waals surface area contributed by atoms with Crippen LogP contribution in [0, 0.1) is 0 Å². The largest absolute Gasteiger partial charge is 0.478 e. The van der Waals surface area contributed by atoms with Crippen molar-refractivity contribution in [3.8, 4) is 0 Å². The molecular weight excluding hydrogens is 306 g/mol. The molecule has 0 saturated heterocycles. The summed E-state index contributed by atoms with van der Waals surface area (Å²) >= 11 is 0. The van der Waals surface area contributed by atoms with Gasteiger partial charge in [0.1, 0.15) is 5.76 Å². The summed E-state index contributed by atoms with van der Waals surface area (Å²) in [6, 6.07) is 9.54. The van der Waals surface area contributed by atoms with E-state index >= 15 is 0 Å². The highest BCUT2D eigenvalue weighted by atomic mass is 32.2. The molecule has 118 valence electrons. The van der Waals surface area contributed by atoms with Crippen LogP contribution >= 0.6 is 0 Å².